The molecular weight excluding hydrogens is 363 g/mol. The van der Waals surface area contributed by atoms with Gasteiger partial charge in [0.2, 0.25) is 5.82 Å². The van der Waals surface area contributed by atoms with Gasteiger partial charge in [0, 0.05) is 5.39 Å². The standard InChI is InChI=1S/C17H15FN2O7/c18-9-6-20(16(24)19-14(9)23)15-13(22)17(25,12(7-21)27-15)11-5-8-3-1-2-4-10(8)26-11/h1-6,12-13,15,21-22,25H,7H2,(H,19,23,24)/t12-,13+,15-,17-/m1/s1. The van der Waals surface area contributed by atoms with Crippen LogP contribution in [0.5, 0.6) is 0 Å². The molecule has 0 amide bonds. The maximum absolute atomic E-state index is 13.6. The summed E-state index contributed by atoms with van der Waals surface area (Å²) in [5, 5.41) is 32.1. The van der Waals surface area contributed by atoms with Gasteiger partial charge < -0.3 is 24.5 Å². The number of hydrogen-bond donors (Lipinski definition) is 4. The van der Waals surface area contributed by atoms with Gasteiger partial charge in [0.1, 0.15) is 23.6 Å². The van der Waals surface area contributed by atoms with E-state index in [-0.39, 0.29) is 5.76 Å². The second-order valence-corrected chi connectivity index (χ2v) is 6.26. The first kappa shape index (κ1) is 17.6. The molecule has 4 rings (SSSR count). The highest BCUT2D eigenvalue weighted by atomic mass is 19.1. The summed E-state index contributed by atoms with van der Waals surface area (Å²) in [6.07, 6.45) is -4.19. The van der Waals surface area contributed by atoms with Crippen LogP contribution in [0.4, 0.5) is 4.39 Å². The van der Waals surface area contributed by atoms with Gasteiger partial charge in [-0.2, -0.15) is 4.39 Å². The highest BCUT2D eigenvalue weighted by molar-refractivity contribution is 5.78. The second-order valence-electron chi connectivity index (χ2n) is 6.26. The lowest BCUT2D eigenvalue weighted by Crippen LogP contribution is -2.46. The number of fused-ring (bicyclic) bond motifs is 1. The topological polar surface area (TPSA) is 138 Å². The monoisotopic (exact) mass is 378 g/mol. The maximum Gasteiger partial charge on any atom is 0.330 e. The van der Waals surface area contributed by atoms with Gasteiger partial charge in [-0.3, -0.25) is 14.3 Å². The molecule has 1 saturated heterocycles. The van der Waals surface area contributed by atoms with Gasteiger partial charge in [0.05, 0.1) is 12.8 Å². The van der Waals surface area contributed by atoms with E-state index in [9.17, 15) is 29.3 Å². The molecule has 4 atom stereocenters. The van der Waals surface area contributed by atoms with Gasteiger partial charge in [-0.25, -0.2) is 4.79 Å². The molecule has 1 fully saturated rings. The van der Waals surface area contributed by atoms with Crippen LogP contribution in [0.1, 0.15) is 12.0 Å². The van der Waals surface area contributed by atoms with Crippen LogP contribution in [0.3, 0.4) is 0 Å². The zero-order valence-electron chi connectivity index (χ0n) is 13.7. The van der Waals surface area contributed by atoms with Crippen molar-refractivity contribution < 1.29 is 28.9 Å². The summed E-state index contributed by atoms with van der Waals surface area (Å²) in [5.41, 5.74) is -4.06. The average molecular weight is 378 g/mol. The third-order valence-corrected chi connectivity index (χ3v) is 4.70. The molecule has 0 bridgehead atoms. The van der Waals surface area contributed by atoms with E-state index in [2.05, 4.69) is 0 Å². The number of halogens is 1. The van der Waals surface area contributed by atoms with E-state index in [1.54, 1.807) is 29.2 Å². The Bertz CT molecular complexity index is 1090. The highest BCUT2D eigenvalue weighted by Crippen LogP contribution is 2.44. The van der Waals surface area contributed by atoms with Crippen molar-refractivity contribution in [1.29, 1.82) is 0 Å². The van der Waals surface area contributed by atoms with Crippen LogP contribution in [-0.4, -0.2) is 43.7 Å². The molecule has 142 valence electrons. The summed E-state index contributed by atoms with van der Waals surface area (Å²) in [7, 11) is 0. The number of aliphatic hydroxyl groups is 3. The first-order valence-corrected chi connectivity index (χ1v) is 8.03. The fourth-order valence-corrected chi connectivity index (χ4v) is 3.29. The molecule has 0 radical (unpaired) electrons. The zero-order chi connectivity index (χ0) is 19.3. The fraction of sp³-hybridized carbons (Fsp3) is 0.294. The summed E-state index contributed by atoms with van der Waals surface area (Å²) < 4.78 is 25.2. The lowest BCUT2D eigenvalue weighted by Gasteiger charge is -2.27. The highest BCUT2D eigenvalue weighted by Gasteiger charge is 2.59. The number of H-pyrrole nitrogens is 1. The molecule has 1 aliphatic rings. The number of furan rings is 1. The Morgan fingerprint density at radius 1 is 1.30 bits per heavy atom. The van der Waals surface area contributed by atoms with Crippen molar-refractivity contribution in [2.75, 3.05) is 6.61 Å². The van der Waals surface area contributed by atoms with Crippen molar-refractivity contribution in [1.82, 2.24) is 9.55 Å². The van der Waals surface area contributed by atoms with Crippen molar-refractivity contribution in [3.05, 3.63) is 68.9 Å². The number of nitrogens with one attached hydrogen (secondary N) is 1. The lowest BCUT2D eigenvalue weighted by atomic mass is 9.89. The number of nitrogens with zero attached hydrogens (tertiary/aromatic N) is 1. The Morgan fingerprint density at radius 2 is 2.04 bits per heavy atom. The van der Waals surface area contributed by atoms with Crippen LogP contribution < -0.4 is 11.2 Å². The third kappa shape index (κ3) is 2.53. The zero-order valence-corrected chi connectivity index (χ0v) is 13.7. The molecule has 4 N–H and O–H groups in total. The van der Waals surface area contributed by atoms with E-state index >= 15 is 0 Å². The average Bonchev–Trinajstić information content (AvgIpc) is 3.19. The number of para-hydroxylation sites is 1. The van der Waals surface area contributed by atoms with Gasteiger partial charge in [0.15, 0.2) is 11.8 Å². The Labute approximate surface area is 149 Å². The van der Waals surface area contributed by atoms with Gasteiger partial charge >= 0.3 is 5.69 Å². The molecule has 9 nitrogen and oxygen atoms in total. The molecule has 3 aromatic rings. The van der Waals surface area contributed by atoms with E-state index in [1.165, 1.54) is 6.07 Å². The number of aliphatic hydroxyl groups excluding tert-OH is 2. The van der Waals surface area contributed by atoms with Crippen LogP contribution in [0.25, 0.3) is 11.0 Å². The molecule has 0 saturated carbocycles. The largest absolute Gasteiger partial charge is 0.458 e. The minimum atomic E-state index is -2.22. The minimum Gasteiger partial charge on any atom is -0.458 e. The Morgan fingerprint density at radius 3 is 2.74 bits per heavy atom. The van der Waals surface area contributed by atoms with Crippen LogP contribution in [-0.2, 0) is 10.3 Å². The molecular formula is C17H15FN2O7. The predicted molar refractivity (Wildman–Crippen MR) is 88.4 cm³/mol. The normalized spacial score (nSPS) is 28.1. The summed E-state index contributed by atoms with van der Waals surface area (Å²) >= 11 is 0. The smallest absolute Gasteiger partial charge is 0.330 e. The Hall–Kier alpha value is -2.79. The molecule has 0 spiro atoms. The molecule has 2 aromatic heterocycles. The number of rotatable bonds is 3. The number of benzene rings is 1. The number of ether oxygens (including phenoxy) is 1. The van der Waals surface area contributed by atoms with Crippen molar-refractivity contribution in [3.8, 4) is 0 Å². The molecule has 0 aliphatic carbocycles. The summed E-state index contributed by atoms with van der Waals surface area (Å²) in [6.45, 7) is -0.721. The van der Waals surface area contributed by atoms with Crippen LogP contribution in [0.2, 0.25) is 0 Å². The molecule has 10 heteroatoms. The minimum absolute atomic E-state index is 0.0873. The maximum atomic E-state index is 13.6. The Balaban J connectivity index is 1.83. The van der Waals surface area contributed by atoms with Crippen molar-refractivity contribution >= 4 is 11.0 Å². The number of aromatic nitrogens is 2. The van der Waals surface area contributed by atoms with Gasteiger partial charge in [-0.15, -0.1) is 0 Å². The first-order valence-electron chi connectivity index (χ1n) is 8.03. The summed E-state index contributed by atoms with van der Waals surface area (Å²) in [6, 6.07) is 8.32. The number of hydrogen-bond acceptors (Lipinski definition) is 7. The van der Waals surface area contributed by atoms with Crippen LogP contribution >= 0.6 is 0 Å². The van der Waals surface area contributed by atoms with Gasteiger partial charge in [0.25, 0.3) is 5.56 Å². The fourth-order valence-electron chi connectivity index (χ4n) is 3.29. The number of aromatic amines is 1. The SMILES string of the molecule is O=c1[nH]c(=O)n([C@@H]2O[C@H](CO)[C@](O)(c3cc4ccccc4o3)[C@H]2O)cc1F. The van der Waals surface area contributed by atoms with E-state index in [0.29, 0.717) is 21.7 Å². The summed E-state index contributed by atoms with van der Waals surface area (Å²) in [4.78, 5) is 24.9. The van der Waals surface area contributed by atoms with Crippen LogP contribution in [0, 0.1) is 5.82 Å². The molecule has 27 heavy (non-hydrogen) atoms. The summed E-state index contributed by atoms with van der Waals surface area (Å²) in [5.74, 6) is -1.36. The van der Waals surface area contributed by atoms with Gasteiger partial charge in [-0.05, 0) is 12.1 Å². The molecule has 1 aromatic carbocycles. The van der Waals surface area contributed by atoms with Crippen molar-refractivity contribution in [3.63, 3.8) is 0 Å². The Kier molecular flexibility index (Phi) is 4.00. The van der Waals surface area contributed by atoms with E-state index in [0.717, 1.165) is 0 Å². The quantitative estimate of drug-likeness (QED) is 0.485. The van der Waals surface area contributed by atoms with E-state index in [1.807, 2.05) is 0 Å². The third-order valence-electron chi connectivity index (χ3n) is 4.70. The lowest BCUT2D eigenvalue weighted by molar-refractivity contribution is -0.109. The van der Waals surface area contributed by atoms with E-state index in [4.69, 9.17) is 9.15 Å². The molecule has 1 aliphatic heterocycles. The second kappa shape index (κ2) is 6.13. The first-order chi connectivity index (χ1) is 12.9. The van der Waals surface area contributed by atoms with Crippen molar-refractivity contribution in [2.24, 2.45) is 0 Å². The van der Waals surface area contributed by atoms with Crippen molar-refractivity contribution in [2.45, 2.75) is 24.0 Å². The van der Waals surface area contributed by atoms with Gasteiger partial charge in [-0.1, -0.05) is 18.2 Å². The van der Waals surface area contributed by atoms with E-state index < -0.39 is 47.7 Å². The van der Waals surface area contributed by atoms with Crippen LogP contribution in [0.15, 0.2) is 50.5 Å². The predicted octanol–water partition coefficient (Wildman–Crippen LogP) is -0.440. The molecule has 0 unspecified atom stereocenters. The molecule has 3 heterocycles.